The number of halogens is 1. The van der Waals surface area contributed by atoms with Crippen LogP contribution in [0.15, 0.2) is 59.4 Å². The second kappa shape index (κ2) is 12.0. The number of aromatic nitrogens is 3. The maximum absolute atomic E-state index is 15.3. The summed E-state index contributed by atoms with van der Waals surface area (Å²) in [6.45, 7) is 5.84. The minimum atomic E-state index is -0.608. The summed E-state index contributed by atoms with van der Waals surface area (Å²) < 4.78 is 21.9. The lowest BCUT2D eigenvalue weighted by molar-refractivity contribution is 0.107. The van der Waals surface area contributed by atoms with Gasteiger partial charge in [-0.25, -0.2) is 23.6 Å². The number of hydrogen-bond donors (Lipinski definition) is 4. The van der Waals surface area contributed by atoms with Crippen LogP contribution >= 0.6 is 0 Å². The van der Waals surface area contributed by atoms with Crippen molar-refractivity contribution in [2.24, 2.45) is 0 Å². The van der Waals surface area contributed by atoms with Crippen molar-refractivity contribution in [1.82, 2.24) is 24.6 Å². The highest BCUT2D eigenvalue weighted by Gasteiger charge is 2.24. The van der Waals surface area contributed by atoms with Crippen LogP contribution in [0.2, 0.25) is 0 Å². The summed E-state index contributed by atoms with van der Waals surface area (Å²) in [5, 5.41) is 36.3. The van der Waals surface area contributed by atoms with E-state index < -0.39 is 17.6 Å². The van der Waals surface area contributed by atoms with Gasteiger partial charge in [-0.2, -0.15) is 5.10 Å². The molecule has 42 heavy (non-hydrogen) atoms. The third-order valence-electron chi connectivity index (χ3n) is 7.31. The van der Waals surface area contributed by atoms with Gasteiger partial charge in [0, 0.05) is 44.4 Å². The van der Waals surface area contributed by atoms with Crippen molar-refractivity contribution in [3.05, 3.63) is 87.6 Å². The molecule has 12 heteroatoms. The van der Waals surface area contributed by atoms with Gasteiger partial charge >= 0.3 is 11.8 Å². The topological polar surface area (TPSA) is 144 Å². The van der Waals surface area contributed by atoms with Crippen LogP contribution in [-0.4, -0.2) is 72.2 Å². The Morgan fingerprint density at radius 2 is 1.74 bits per heavy atom. The Labute approximate surface area is 241 Å². The minimum Gasteiger partial charge on any atom is -0.508 e. The highest BCUT2D eigenvalue weighted by atomic mass is 19.1. The van der Waals surface area contributed by atoms with Gasteiger partial charge in [0.2, 0.25) is 0 Å². The van der Waals surface area contributed by atoms with Crippen molar-refractivity contribution in [2.75, 3.05) is 26.2 Å². The number of aliphatic hydroxyl groups is 1. The molecule has 1 fully saturated rings. The molecule has 1 aliphatic rings. The van der Waals surface area contributed by atoms with Gasteiger partial charge in [0.25, 0.3) is 0 Å². The van der Waals surface area contributed by atoms with Crippen molar-refractivity contribution in [1.29, 1.82) is 0 Å². The monoisotopic (exact) mass is 577 g/mol. The zero-order valence-electron chi connectivity index (χ0n) is 23.2. The largest absolute Gasteiger partial charge is 0.508 e. The third-order valence-corrected chi connectivity index (χ3v) is 7.31. The lowest BCUT2D eigenvalue weighted by Crippen LogP contribution is -2.49. The number of amides is 1. The first-order chi connectivity index (χ1) is 20.1. The van der Waals surface area contributed by atoms with Crippen molar-refractivity contribution in [3.8, 4) is 34.3 Å². The van der Waals surface area contributed by atoms with Crippen LogP contribution < -0.4 is 10.4 Å². The third kappa shape index (κ3) is 5.99. The van der Waals surface area contributed by atoms with E-state index >= 15 is 4.39 Å². The number of nitrogens with zero attached hydrogens (tertiary/aromatic N) is 4. The summed E-state index contributed by atoms with van der Waals surface area (Å²) in [4.78, 5) is 28.8. The number of ether oxygens (including phenoxy) is 1. The van der Waals surface area contributed by atoms with Crippen LogP contribution in [0.1, 0.15) is 36.5 Å². The summed E-state index contributed by atoms with van der Waals surface area (Å²) in [5.41, 5.74) is 1.55. The Morgan fingerprint density at radius 1 is 1.02 bits per heavy atom. The molecule has 0 spiro atoms. The van der Waals surface area contributed by atoms with Crippen LogP contribution in [0.25, 0.3) is 17.1 Å². The van der Waals surface area contributed by atoms with E-state index in [4.69, 9.17) is 9.84 Å². The highest BCUT2D eigenvalue weighted by molar-refractivity contribution is 5.71. The number of aromatic hydroxyl groups is 2. The van der Waals surface area contributed by atoms with Gasteiger partial charge in [0.05, 0.1) is 17.9 Å². The van der Waals surface area contributed by atoms with E-state index in [0.717, 1.165) is 5.56 Å². The molecule has 1 aromatic heterocycles. The predicted octanol–water partition coefficient (Wildman–Crippen LogP) is 3.71. The fourth-order valence-electron chi connectivity index (χ4n) is 4.91. The lowest BCUT2D eigenvalue weighted by atomic mass is 9.98. The van der Waals surface area contributed by atoms with Gasteiger partial charge < -0.3 is 25.0 Å². The Bertz CT molecular complexity index is 1640. The van der Waals surface area contributed by atoms with Crippen molar-refractivity contribution >= 4 is 6.09 Å². The number of nitrogens with one attached hydrogen (secondary N) is 1. The number of H-pyrrole nitrogens is 1. The van der Waals surface area contributed by atoms with E-state index in [9.17, 15) is 19.8 Å². The Balaban J connectivity index is 1.26. The van der Waals surface area contributed by atoms with E-state index in [1.807, 2.05) is 18.7 Å². The average Bonchev–Trinajstić information content (AvgIpc) is 3.35. The second-order valence-corrected chi connectivity index (χ2v) is 10.5. The number of carbonyl (C=O) groups is 1. The molecule has 4 aromatic rings. The minimum absolute atomic E-state index is 0.0579. The fourth-order valence-corrected chi connectivity index (χ4v) is 4.91. The molecule has 4 N–H and O–H groups in total. The molecule has 3 aromatic carbocycles. The number of carbonyl (C=O) groups excluding carboxylic acids is 1. The number of phenols is 2. The number of aromatic amines is 1. The Morgan fingerprint density at radius 3 is 2.38 bits per heavy atom. The molecular formula is C30H32FN5O6. The van der Waals surface area contributed by atoms with Crippen molar-refractivity contribution in [3.63, 3.8) is 0 Å². The average molecular weight is 578 g/mol. The normalized spacial score (nSPS) is 14.0. The number of hydrogen-bond acceptors (Lipinski definition) is 8. The molecule has 1 amide bonds. The molecule has 1 aliphatic heterocycles. The zero-order chi connectivity index (χ0) is 30.0. The molecule has 2 heterocycles. The number of benzene rings is 3. The van der Waals surface area contributed by atoms with Crippen molar-refractivity contribution in [2.45, 2.75) is 32.9 Å². The van der Waals surface area contributed by atoms with Gasteiger partial charge in [0.15, 0.2) is 5.82 Å². The fraction of sp³-hybridized carbons (Fsp3) is 0.300. The van der Waals surface area contributed by atoms with Crippen LogP contribution in [0.3, 0.4) is 0 Å². The quantitative estimate of drug-likeness (QED) is 0.260. The first-order valence-electron chi connectivity index (χ1n) is 13.6. The lowest BCUT2D eigenvalue weighted by Gasteiger charge is -2.34. The van der Waals surface area contributed by atoms with Gasteiger partial charge in [-0.3, -0.25) is 4.90 Å². The van der Waals surface area contributed by atoms with Crippen molar-refractivity contribution < 1.29 is 29.2 Å². The molecule has 1 saturated heterocycles. The number of rotatable bonds is 7. The number of aliphatic hydroxyl groups excluding tert-OH is 1. The first-order valence-corrected chi connectivity index (χ1v) is 13.6. The summed E-state index contributed by atoms with van der Waals surface area (Å²) >= 11 is 0. The summed E-state index contributed by atoms with van der Waals surface area (Å²) in [6, 6.07) is 13.8. The molecule has 0 atom stereocenters. The van der Waals surface area contributed by atoms with Gasteiger partial charge in [0.1, 0.15) is 23.1 Å². The molecule has 0 saturated carbocycles. The van der Waals surface area contributed by atoms with E-state index in [1.54, 1.807) is 47.4 Å². The van der Waals surface area contributed by atoms with E-state index in [1.165, 1.54) is 16.7 Å². The maximum Gasteiger partial charge on any atom is 0.415 e. The molecule has 5 rings (SSSR count). The van der Waals surface area contributed by atoms with Crippen LogP contribution in [0, 0.1) is 5.82 Å². The zero-order valence-corrected chi connectivity index (χ0v) is 23.2. The van der Waals surface area contributed by atoms with E-state index in [0.29, 0.717) is 49.6 Å². The maximum atomic E-state index is 15.3. The summed E-state index contributed by atoms with van der Waals surface area (Å²) in [6.07, 6.45) is -0.469. The standard InChI is InChI=1S/C30H32FN5O6/c1-18(2)23-14-24(27(39)15-26(23)38)28-32-33-29(40)36(28)21-6-5-20(25(31)13-21)16-34-9-11-35(12-10-34)30(41)42-22-7-3-19(17-37)4-8-22/h3-8,13-15,18,37-39H,9-12,16-17H2,1-2H3,(H,33,40). The highest BCUT2D eigenvalue weighted by Crippen LogP contribution is 2.37. The van der Waals surface area contributed by atoms with Gasteiger partial charge in [-0.1, -0.05) is 32.0 Å². The summed E-state index contributed by atoms with van der Waals surface area (Å²) in [7, 11) is 0. The van der Waals surface area contributed by atoms with Crippen LogP contribution in [0.5, 0.6) is 17.2 Å². The smallest absolute Gasteiger partial charge is 0.415 e. The molecular weight excluding hydrogens is 545 g/mol. The SMILES string of the molecule is CC(C)c1cc(-c2n[nH]c(=O)n2-c2ccc(CN3CCN(C(=O)Oc4ccc(CO)cc4)CC3)c(F)c2)c(O)cc1O. The number of piperazine rings is 1. The van der Waals surface area contributed by atoms with Gasteiger partial charge in [-0.15, -0.1) is 0 Å². The molecule has 220 valence electrons. The number of phenolic OH excluding ortho intramolecular Hbond substituents is 2. The molecule has 0 bridgehead atoms. The molecule has 11 nitrogen and oxygen atoms in total. The summed E-state index contributed by atoms with van der Waals surface area (Å²) in [5.74, 6) is -0.439. The predicted molar refractivity (Wildman–Crippen MR) is 152 cm³/mol. The first kappa shape index (κ1) is 28.8. The Kier molecular flexibility index (Phi) is 8.27. The molecule has 0 unspecified atom stereocenters. The second-order valence-electron chi connectivity index (χ2n) is 10.5. The molecule has 0 radical (unpaired) electrons. The molecule has 0 aliphatic carbocycles. The van der Waals surface area contributed by atoms with E-state index in [2.05, 4.69) is 10.2 Å². The Hall–Kier alpha value is -4.68. The van der Waals surface area contributed by atoms with E-state index in [-0.39, 0.29) is 41.1 Å². The van der Waals surface area contributed by atoms with Crippen LogP contribution in [-0.2, 0) is 13.2 Å². The van der Waals surface area contributed by atoms with Gasteiger partial charge in [-0.05, 0) is 47.4 Å². The van der Waals surface area contributed by atoms with Crippen LogP contribution in [0.4, 0.5) is 9.18 Å².